The number of hydrogen-bond donors (Lipinski definition) is 0. The highest BCUT2D eigenvalue weighted by Crippen LogP contribution is 2.40. The molecule has 1 aliphatic rings. The fourth-order valence-corrected chi connectivity index (χ4v) is 5.19. The molecule has 0 unspecified atom stereocenters. The van der Waals surface area contributed by atoms with Crippen LogP contribution < -0.4 is 19.3 Å². The van der Waals surface area contributed by atoms with Crippen LogP contribution in [0.4, 0.5) is 17.1 Å². The van der Waals surface area contributed by atoms with Crippen LogP contribution in [0.3, 0.4) is 0 Å². The van der Waals surface area contributed by atoms with E-state index in [-0.39, 0.29) is 0 Å². The molecule has 204 valence electrons. The van der Waals surface area contributed by atoms with Gasteiger partial charge in [0.2, 0.25) is 0 Å². The van der Waals surface area contributed by atoms with Crippen LogP contribution in [0.1, 0.15) is 0 Å². The molecule has 0 amide bonds. The number of anilines is 3. The molecular formula is C36H28N4O2. The lowest BCUT2D eigenvalue weighted by molar-refractivity contribution is 0.482. The molecule has 6 aromatic rings. The van der Waals surface area contributed by atoms with Gasteiger partial charge in [0.25, 0.3) is 0 Å². The Labute approximate surface area is 245 Å². The van der Waals surface area contributed by atoms with E-state index in [4.69, 9.17) is 9.47 Å². The topological polar surface area (TPSA) is 50.7 Å². The fourth-order valence-electron chi connectivity index (χ4n) is 5.19. The summed E-state index contributed by atoms with van der Waals surface area (Å²) in [6.07, 6.45) is 5.57. The Bertz CT molecular complexity index is 1860. The van der Waals surface area contributed by atoms with Gasteiger partial charge in [-0.3, -0.25) is 9.97 Å². The van der Waals surface area contributed by atoms with E-state index in [2.05, 4.69) is 57.1 Å². The molecule has 1 aliphatic heterocycles. The van der Waals surface area contributed by atoms with Crippen molar-refractivity contribution in [3.05, 3.63) is 140 Å². The number of para-hydroxylation sites is 1. The number of aromatic nitrogens is 2. The number of pyridine rings is 2. The Morgan fingerprint density at radius 2 is 1.24 bits per heavy atom. The Morgan fingerprint density at radius 1 is 0.571 bits per heavy atom. The smallest absolute Gasteiger partial charge is 0.129 e. The minimum absolute atomic E-state index is 0.748. The summed E-state index contributed by atoms with van der Waals surface area (Å²) in [5.41, 5.74) is 7.27. The van der Waals surface area contributed by atoms with E-state index in [1.165, 1.54) is 0 Å². The van der Waals surface area contributed by atoms with Crippen LogP contribution in [0.15, 0.2) is 140 Å². The summed E-state index contributed by atoms with van der Waals surface area (Å²) in [6.45, 7) is 0.753. The quantitative estimate of drug-likeness (QED) is 0.198. The van der Waals surface area contributed by atoms with Crippen molar-refractivity contribution in [3.8, 4) is 45.4 Å². The highest BCUT2D eigenvalue weighted by molar-refractivity contribution is 5.81. The molecule has 0 N–H and O–H groups in total. The summed E-state index contributed by atoms with van der Waals surface area (Å²) >= 11 is 0. The van der Waals surface area contributed by atoms with Crippen molar-refractivity contribution < 1.29 is 9.47 Å². The number of hydrogen-bond acceptors (Lipinski definition) is 6. The van der Waals surface area contributed by atoms with Gasteiger partial charge in [-0.1, -0.05) is 48.5 Å². The van der Waals surface area contributed by atoms with Crippen LogP contribution in [0.25, 0.3) is 22.4 Å². The van der Waals surface area contributed by atoms with Crippen molar-refractivity contribution in [2.24, 2.45) is 0 Å². The maximum atomic E-state index is 6.35. The van der Waals surface area contributed by atoms with Crippen LogP contribution in [0, 0.1) is 0 Å². The second-order valence-corrected chi connectivity index (χ2v) is 10.1. The van der Waals surface area contributed by atoms with Gasteiger partial charge >= 0.3 is 0 Å². The molecular weight excluding hydrogens is 520 g/mol. The molecule has 0 bridgehead atoms. The van der Waals surface area contributed by atoms with E-state index in [1.54, 1.807) is 0 Å². The number of rotatable bonds is 7. The zero-order valence-electron chi connectivity index (χ0n) is 23.1. The average molecular weight is 549 g/mol. The lowest BCUT2D eigenvalue weighted by Crippen LogP contribution is -2.23. The van der Waals surface area contributed by atoms with Crippen molar-refractivity contribution >= 4 is 17.1 Å². The standard InChI is InChI=1S/C36H28N4O2/c1-39-25-40(35-17-18-37-24-36(35)39)29-10-7-15-33(23-29)42-32-14-6-9-28(21-32)34-22-27(16-19-38-34)26-8-5-13-31(20-26)41-30-11-3-2-4-12-30/h2-24H,25H2,1H3. The normalized spacial score (nSPS) is 12.2. The maximum Gasteiger partial charge on any atom is 0.129 e. The first kappa shape index (κ1) is 25.4. The van der Waals surface area contributed by atoms with Crippen LogP contribution in [0.5, 0.6) is 23.0 Å². The average Bonchev–Trinajstić information content (AvgIpc) is 3.38. The molecule has 0 atom stereocenters. The minimum atomic E-state index is 0.748. The van der Waals surface area contributed by atoms with Crippen molar-refractivity contribution in [2.45, 2.75) is 0 Å². The van der Waals surface area contributed by atoms with Crippen molar-refractivity contribution in [1.82, 2.24) is 9.97 Å². The second-order valence-electron chi connectivity index (χ2n) is 10.1. The van der Waals surface area contributed by atoms with Gasteiger partial charge in [0.05, 0.1) is 29.9 Å². The molecule has 6 heteroatoms. The van der Waals surface area contributed by atoms with Gasteiger partial charge in [-0.2, -0.15) is 0 Å². The van der Waals surface area contributed by atoms with E-state index < -0.39 is 0 Å². The molecule has 3 heterocycles. The number of ether oxygens (including phenoxy) is 2. The minimum Gasteiger partial charge on any atom is -0.457 e. The third-order valence-electron chi connectivity index (χ3n) is 7.23. The second kappa shape index (κ2) is 11.1. The molecule has 0 aliphatic carbocycles. The number of fused-ring (bicyclic) bond motifs is 1. The van der Waals surface area contributed by atoms with Gasteiger partial charge in [-0.05, 0) is 77.9 Å². The maximum absolute atomic E-state index is 6.35. The van der Waals surface area contributed by atoms with Crippen LogP contribution in [-0.2, 0) is 0 Å². The Morgan fingerprint density at radius 3 is 2.07 bits per heavy atom. The van der Waals surface area contributed by atoms with Gasteiger partial charge in [-0.15, -0.1) is 0 Å². The molecule has 0 saturated heterocycles. The van der Waals surface area contributed by atoms with Crippen molar-refractivity contribution in [3.63, 3.8) is 0 Å². The first-order chi connectivity index (χ1) is 20.7. The van der Waals surface area contributed by atoms with Gasteiger partial charge in [0, 0.05) is 36.8 Å². The van der Waals surface area contributed by atoms with E-state index >= 15 is 0 Å². The monoisotopic (exact) mass is 548 g/mol. The highest BCUT2D eigenvalue weighted by atomic mass is 16.5. The molecule has 0 saturated carbocycles. The zero-order valence-corrected chi connectivity index (χ0v) is 23.1. The first-order valence-corrected chi connectivity index (χ1v) is 13.8. The fraction of sp³-hybridized carbons (Fsp3) is 0.0556. The molecule has 6 nitrogen and oxygen atoms in total. The molecule has 7 rings (SSSR count). The Hall–Kier alpha value is -5.62. The number of benzene rings is 4. The predicted octanol–water partition coefficient (Wildman–Crippen LogP) is 8.94. The van der Waals surface area contributed by atoms with E-state index in [1.807, 2.05) is 110 Å². The first-order valence-electron chi connectivity index (χ1n) is 13.8. The summed E-state index contributed by atoms with van der Waals surface area (Å²) in [6, 6.07) is 40.3. The zero-order chi connectivity index (χ0) is 28.3. The van der Waals surface area contributed by atoms with Crippen LogP contribution in [0.2, 0.25) is 0 Å². The lowest BCUT2D eigenvalue weighted by atomic mass is 10.0. The molecule has 0 fully saturated rings. The summed E-state index contributed by atoms with van der Waals surface area (Å²) < 4.78 is 12.4. The summed E-state index contributed by atoms with van der Waals surface area (Å²) in [5, 5.41) is 0. The molecule has 42 heavy (non-hydrogen) atoms. The van der Waals surface area contributed by atoms with Crippen molar-refractivity contribution in [2.75, 3.05) is 23.5 Å². The van der Waals surface area contributed by atoms with E-state index in [9.17, 15) is 0 Å². The molecule has 2 aromatic heterocycles. The van der Waals surface area contributed by atoms with Crippen molar-refractivity contribution in [1.29, 1.82) is 0 Å². The van der Waals surface area contributed by atoms with Crippen LogP contribution in [-0.4, -0.2) is 23.7 Å². The number of nitrogens with zero attached hydrogens (tertiary/aromatic N) is 4. The lowest BCUT2D eigenvalue weighted by Gasteiger charge is -2.20. The Balaban J connectivity index is 1.11. The third-order valence-corrected chi connectivity index (χ3v) is 7.23. The van der Waals surface area contributed by atoms with Gasteiger partial charge in [0.15, 0.2) is 0 Å². The predicted molar refractivity (Wildman–Crippen MR) is 168 cm³/mol. The third kappa shape index (κ3) is 5.25. The van der Waals surface area contributed by atoms with Gasteiger partial charge in [0.1, 0.15) is 23.0 Å². The Kier molecular flexibility index (Phi) is 6.70. The van der Waals surface area contributed by atoms with Gasteiger partial charge < -0.3 is 19.3 Å². The van der Waals surface area contributed by atoms with E-state index in [0.717, 1.165) is 69.1 Å². The summed E-state index contributed by atoms with van der Waals surface area (Å²) in [7, 11) is 2.07. The van der Waals surface area contributed by atoms with Crippen LogP contribution >= 0.6 is 0 Å². The molecule has 0 radical (unpaired) electrons. The molecule has 0 spiro atoms. The van der Waals surface area contributed by atoms with E-state index in [0.29, 0.717) is 0 Å². The largest absolute Gasteiger partial charge is 0.457 e. The van der Waals surface area contributed by atoms with Gasteiger partial charge in [-0.25, -0.2) is 0 Å². The molecule has 4 aromatic carbocycles. The summed E-state index contributed by atoms with van der Waals surface area (Å²) in [5.74, 6) is 3.11. The summed E-state index contributed by atoms with van der Waals surface area (Å²) in [4.78, 5) is 13.4. The highest BCUT2D eigenvalue weighted by Gasteiger charge is 2.24. The SMILES string of the molecule is CN1CN(c2cccc(Oc3cccc(-c4cc(-c5cccc(Oc6ccccc6)c5)ccn4)c3)c2)c2ccncc21.